The van der Waals surface area contributed by atoms with E-state index in [4.69, 9.17) is 4.74 Å². The Morgan fingerprint density at radius 1 is 1.19 bits per heavy atom. The summed E-state index contributed by atoms with van der Waals surface area (Å²) in [4.78, 5) is 31.4. The quantitative estimate of drug-likeness (QED) is 0.726. The first-order valence-corrected chi connectivity index (χ1v) is 10.5. The fourth-order valence-electron chi connectivity index (χ4n) is 4.78. The van der Waals surface area contributed by atoms with Crippen LogP contribution in [0.5, 0.6) is 0 Å². The Hall–Kier alpha value is -1.30. The molecule has 0 unspecified atom stereocenters. The number of likely N-dealkylation sites (tertiary alicyclic amines) is 2. The largest absolute Gasteiger partial charge is 0.441 e. The van der Waals surface area contributed by atoms with Crippen LogP contribution >= 0.6 is 0 Å². The molecular weight excluding hydrogens is 330 g/mol. The second-order valence-corrected chi connectivity index (χ2v) is 8.23. The predicted octanol–water partition coefficient (Wildman–Crippen LogP) is 2.72. The Morgan fingerprint density at radius 2 is 1.88 bits per heavy atom. The molecule has 26 heavy (non-hydrogen) atoms. The van der Waals surface area contributed by atoms with Gasteiger partial charge in [-0.15, -0.1) is 0 Å². The molecule has 0 aromatic heterocycles. The molecule has 6 heteroatoms. The van der Waals surface area contributed by atoms with E-state index in [-0.39, 0.29) is 23.6 Å². The molecular formula is C20H35N3O3. The molecule has 0 bridgehead atoms. The first-order chi connectivity index (χ1) is 12.5. The zero-order valence-corrected chi connectivity index (χ0v) is 16.7. The molecule has 3 aliphatic heterocycles. The van der Waals surface area contributed by atoms with Gasteiger partial charge in [-0.05, 0) is 31.8 Å². The van der Waals surface area contributed by atoms with Gasteiger partial charge in [0.15, 0.2) is 0 Å². The number of likely N-dealkylation sites (N-methyl/N-ethyl adjacent to an activating group) is 1. The molecule has 0 aliphatic carbocycles. The van der Waals surface area contributed by atoms with Crippen LogP contribution in [-0.2, 0) is 9.53 Å². The van der Waals surface area contributed by atoms with E-state index in [0.717, 1.165) is 58.2 Å². The molecule has 3 heterocycles. The SMILES string of the molecule is CCC(CC)CN1CC2(CCN(C(=O)[C@@H]3CCCN3CC)CC2)OC1=O. The summed E-state index contributed by atoms with van der Waals surface area (Å²) in [5.74, 6) is 0.819. The van der Waals surface area contributed by atoms with E-state index >= 15 is 0 Å². The van der Waals surface area contributed by atoms with Crippen molar-refractivity contribution in [1.29, 1.82) is 0 Å². The third-order valence-corrected chi connectivity index (χ3v) is 6.72. The van der Waals surface area contributed by atoms with Gasteiger partial charge in [-0.1, -0.05) is 33.6 Å². The highest BCUT2D eigenvalue weighted by molar-refractivity contribution is 5.82. The number of hydrogen-bond donors (Lipinski definition) is 0. The topological polar surface area (TPSA) is 53.1 Å². The van der Waals surface area contributed by atoms with Gasteiger partial charge >= 0.3 is 6.09 Å². The Morgan fingerprint density at radius 3 is 2.50 bits per heavy atom. The van der Waals surface area contributed by atoms with Crippen molar-refractivity contribution in [2.75, 3.05) is 39.3 Å². The summed E-state index contributed by atoms with van der Waals surface area (Å²) in [5.41, 5.74) is -0.375. The maximum absolute atomic E-state index is 12.9. The number of nitrogens with zero attached hydrogens (tertiary/aromatic N) is 3. The minimum atomic E-state index is -0.375. The van der Waals surface area contributed by atoms with Gasteiger partial charge in [-0.3, -0.25) is 9.69 Å². The van der Waals surface area contributed by atoms with Crippen LogP contribution in [0.2, 0.25) is 0 Å². The number of carbonyl (C=O) groups is 2. The van der Waals surface area contributed by atoms with Crippen molar-refractivity contribution in [3.8, 4) is 0 Å². The van der Waals surface area contributed by atoms with Gasteiger partial charge in [0, 0.05) is 32.5 Å². The normalized spacial score (nSPS) is 26.2. The highest BCUT2D eigenvalue weighted by atomic mass is 16.6. The van der Waals surface area contributed by atoms with E-state index < -0.39 is 0 Å². The third kappa shape index (κ3) is 3.85. The number of rotatable bonds is 6. The van der Waals surface area contributed by atoms with E-state index in [1.165, 1.54) is 0 Å². The van der Waals surface area contributed by atoms with Crippen molar-refractivity contribution in [3.63, 3.8) is 0 Å². The molecule has 1 spiro atoms. The molecule has 3 rings (SSSR count). The van der Waals surface area contributed by atoms with E-state index in [2.05, 4.69) is 25.7 Å². The van der Waals surface area contributed by atoms with Gasteiger partial charge in [0.05, 0.1) is 12.6 Å². The first-order valence-electron chi connectivity index (χ1n) is 10.5. The molecule has 0 radical (unpaired) electrons. The third-order valence-electron chi connectivity index (χ3n) is 6.72. The minimum Gasteiger partial charge on any atom is -0.441 e. The summed E-state index contributed by atoms with van der Waals surface area (Å²) >= 11 is 0. The Balaban J connectivity index is 1.55. The molecule has 0 saturated carbocycles. The summed E-state index contributed by atoms with van der Waals surface area (Å²) in [7, 11) is 0. The molecule has 3 aliphatic rings. The van der Waals surface area contributed by atoms with Crippen molar-refractivity contribution >= 4 is 12.0 Å². The van der Waals surface area contributed by atoms with Gasteiger partial charge in [0.1, 0.15) is 5.60 Å². The zero-order chi connectivity index (χ0) is 18.7. The Bertz CT molecular complexity index is 512. The van der Waals surface area contributed by atoms with Crippen LogP contribution in [0.15, 0.2) is 0 Å². The van der Waals surface area contributed by atoms with Crippen LogP contribution in [0.4, 0.5) is 4.79 Å². The average molecular weight is 366 g/mol. The minimum absolute atomic E-state index is 0.0616. The maximum Gasteiger partial charge on any atom is 0.410 e. The summed E-state index contributed by atoms with van der Waals surface area (Å²) < 4.78 is 5.83. The number of carbonyl (C=O) groups excluding carboxylic acids is 2. The molecule has 0 aromatic carbocycles. The number of hydrogen-bond acceptors (Lipinski definition) is 4. The molecule has 1 atom stereocenters. The lowest BCUT2D eigenvalue weighted by Gasteiger charge is -2.39. The van der Waals surface area contributed by atoms with Crippen LogP contribution in [0.25, 0.3) is 0 Å². The van der Waals surface area contributed by atoms with Crippen molar-refractivity contribution in [2.24, 2.45) is 5.92 Å². The lowest BCUT2D eigenvalue weighted by atomic mass is 9.90. The molecule has 0 aromatic rings. The maximum atomic E-state index is 12.9. The zero-order valence-electron chi connectivity index (χ0n) is 16.7. The molecule has 0 N–H and O–H groups in total. The van der Waals surface area contributed by atoms with Crippen molar-refractivity contribution in [2.45, 2.75) is 70.9 Å². The fraction of sp³-hybridized carbons (Fsp3) is 0.900. The van der Waals surface area contributed by atoms with Gasteiger partial charge < -0.3 is 14.5 Å². The second kappa shape index (κ2) is 8.15. The molecule has 3 fully saturated rings. The van der Waals surface area contributed by atoms with Gasteiger partial charge in [0.25, 0.3) is 0 Å². The molecule has 6 nitrogen and oxygen atoms in total. The standard InChI is InChI=1S/C20H35N3O3/c1-4-16(5-2)14-23-15-20(26-19(23)25)9-12-22(13-10-20)18(24)17-8-7-11-21(17)6-3/h16-17H,4-15H2,1-3H3/t17-/m0/s1. The van der Waals surface area contributed by atoms with E-state index in [9.17, 15) is 9.59 Å². The Labute approximate surface area is 157 Å². The van der Waals surface area contributed by atoms with Crippen LogP contribution in [0.3, 0.4) is 0 Å². The highest BCUT2D eigenvalue weighted by Gasteiger charge is 2.48. The number of ether oxygens (including phenoxy) is 1. The van der Waals surface area contributed by atoms with Crippen molar-refractivity contribution in [1.82, 2.24) is 14.7 Å². The summed E-state index contributed by atoms with van der Waals surface area (Å²) in [6, 6.07) is 0.0616. The number of amides is 2. The monoisotopic (exact) mass is 365 g/mol. The van der Waals surface area contributed by atoms with Crippen LogP contribution in [-0.4, -0.2) is 77.6 Å². The van der Waals surface area contributed by atoms with Gasteiger partial charge in [0.2, 0.25) is 5.91 Å². The molecule has 2 amide bonds. The molecule has 148 valence electrons. The van der Waals surface area contributed by atoms with Crippen LogP contribution in [0, 0.1) is 5.92 Å². The average Bonchev–Trinajstić information content (AvgIpc) is 3.24. The highest BCUT2D eigenvalue weighted by Crippen LogP contribution is 2.34. The lowest BCUT2D eigenvalue weighted by molar-refractivity contribution is -0.139. The first kappa shape index (κ1) is 19.5. The number of piperidine rings is 1. The smallest absolute Gasteiger partial charge is 0.410 e. The van der Waals surface area contributed by atoms with E-state index in [0.29, 0.717) is 25.6 Å². The molecule has 3 saturated heterocycles. The second-order valence-electron chi connectivity index (χ2n) is 8.23. The van der Waals surface area contributed by atoms with Crippen LogP contribution in [0.1, 0.15) is 59.3 Å². The van der Waals surface area contributed by atoms with Crippen molar-refractivity contribution < 1.29 is 14.3 Å². The van der Waals surface area contributed by atoms with E-state index in [1.54, 1.807) is 0 Å². The van der Waals surface area contributed by atoms with Crippen molar-refractivity contribution in [3.05, 3.63) is 0 Å². The Kier molecular flexibility index (Phi) is 6.10. The van der Waals surface area contributed by atoms with E-state index in [1.807, 2.05) is 9.80 Å². The van der Waals surface area contributed by atoms with Gasteiger partial charge in [-0.25, -0.2) is 4.79 Å². The lowest BCUT2D eigenvalue weighted by Crippen LogP contribution is -2.53. The summed E-state index contributed by atoms with van der Waals surface area (Å²) in [6.45, 7) is 11.4. The fourth-order valence-corrected chi connectivity index (χ4v) is 4.78. The predicted molar refractivity (Wildman–Crippen MR) is 101 cm³/mol. The summed E-state index contributed by atoms with van der Waals surface area (Å²) in [6.07, 6.45) is 5.64. The van der Waals surface area contributed by atoms with Gasteiger partial charge in [-0.2, -0.15) is 0 Å². The summed E-state index contributed by atoms with van der Waals surface area (Å²) in [5, 5.41) is 0. The van der Waals surface area contributed by atoms with Crippen LogP contribution < -0.4 is 0 Å².